The van der Waals surface area contributed by atoms with E-state index in [4.69, 9.17) is 4.74 Å². The number of hydrogen-bond acceptors (Lipinski definition) is 2. The molecule has 0 N–H and O–H groups in total. The number of rotatable bonds is 4. The molecule has 0 amide bonds. The monoisotopic (exact) mass is 396 g/mol. The molecule has 0 aliphatic heterocycles. The molecule has 0 aliphatic rings. The lowest BCUT2D eigenvalue weighted by atomic mass is 10.1. The Morgan fingerprint density at radius 2 is 1.75 bits per heavy atom. The molecule has 2 nitrogen and oxygen atoms in total. The molecule has 0 heterocycles. The van der Waals surface area contributed by atoms with E-state index in [1.165, 1.54) is 0 Å². The summed E-state index contributed by atoms with van der Waals surface area (Å²) in [5.74, 6) is 0.677. The molecule has 0 aromatic heterocycles. The SMILES string of the molecule is Cc1cc(OCC(=O)c2cccc(Br)c2)cc(C)c1Br. The molecule has 0 saturated carbocycles. The highest BCUT2D eigenvalue weighted by Gasteiger charge is 2.09. The van der Waals surface area contributed by atoms with Crippen molar-refractivity contribution < 1.29 is 9.53 Å². The highest BCUT2D eigenvalue weighted by Crippen LogP contribution is 2.26. The van der Waals surface area contributed by atoms with Gasteiger partial charge in [0.15, 0.2) is 12.4 Å². The minimum atomic E-state index is -0.0375. The van der Waals surface area contributed by atoms with Crippen molar-refractivity contribution in [3.05, 3.63) is 62.0 Å². The third kappa shape index (κ3) is 3.70. The molecule has 0 aliphatic carbocycles. The maximum atomic E-state index is 12.1. The number of ether oxygens (including phenoxy) is 1. The summed E-state index contributed by atoms with van der Waals surface area (Å²) >= 11 is 6.87. The van der Waals surface area contributed by atoms with Crippen LogP contribution in [0.1, 0.15) is 21.5 Å². The fourth-order valence-corrected chi connectivity index (χ4v) is 2.51. The lowest BCUT2D eigenvalue weighted by Crippen LogP contribution is -2.11. The zero-order chi connectivity index (χ0) is 14.7. The van der Waals surface area contributed by atoms with Gasteiger partial charge in [-0.2, -0.15) is 0 Å². The number of aryl methyl sites for hydroxylation is 2. The molecule has 0 atom stereocenters. The van der Waals surface area contributed by atoms with Crippen molar-refractivity contribution in [3.8, 4) is 5.75 Å². The normalized spacial score (nSPS) is 10.4. The van der Waals surface area contributed by atoms with E-state index < -0.39 is 0 Å². The van der Waals surface area contributed by atoms with Crippen molar-refractivity contribution in [1.82, 2.24) is 0 Å². The first-order chi connectivity index (χ1) is 9.47. The molecule has 104 valence electrons. The number of hydrogen-bond donors (Lipinski definition) is 0. The lowest BCUT2D eigenvalue weighted by Gasteiger charge is -2.10. The Bertz CT molecular complexity index is 628. The van der Waals surface area contributed by atoms with Crippen LogP contribution < -0.4 is 4.74 Å². The van der Waals surface area contributed by atoms with Gasteiger partial charge in [-0.05, 0) is 49.2 Å². The van der Waals surface area contributed by atoms with Crippen LogP contribution in [0.3, 0.4) is 0 Å². The van der Waals surface area contributed by atoms with Gasteiger partial charge in [-0.1, -0.05) is 44.0 Å². The van der Waals surface area contributed by atoms with Gasteiger partial charge >= 0.3 is 0 Å². The standard InChI is InChI=1S/C16H14Br2O2/c1-10-6-14(7-11(2)16(10)18)20-9-15(19)12-4-3-5-13(17)8-12/h3-8H,9H2,1-2H3. The quantitative estimate of drug-likeness (QED) is 0.671. The minimum Gasteiger partial charge on any atom is -0.485 e. The van der Waals surface area contributed by atoms with E-state index in [2.05, 4.69) is 31.9 Å². The Kier molecular flexibility index (Phi) is 5.00. The van der Waals surface area contributed by atoms with E-state index in [-0.39, 0.29) is 12.4 Å². The Morgan fingerprint density at radius 3 is 2.35 bits per heavy atom. The van der Waals surface area contributed by atoms with E-state index >= 15 is 0 Å². The van der Waals surface area contributed by atoms with Crippen LogP contribution in [0, 0.1) is 13.8 Å². The summed E-state index contributed by atoms with van der Waals surface area (Å²) in [6.45, 7) is 4.04. The van der Waals surface area contributed by atoms with Crippen molar-refractivity contribution in [3.63, 3.8) is 0 Å². The number of Topliss-reactive ketones (excluding diaryl/α,β-unsaturated/α-hetero) is 1. The predicted molar refractivity (Wildman–Crippen MR) is 87.6 cm³/mol. The Labute approximate surface area is 135 Å². The van der Waals surface area contributed by atoms with Gasteiger partial charge in [-0.15, -0.1) is 0 Å². The number of carbonyl (C=O) groups excluding carboxylic acids is 1. The van der Waals surface area contributed by atoms with Crippen LogP contribution in [-0.2, 0) is 0 Å². The fourth-order valence-electron chi connectivity index (χ4n) is 1.88. The number of benzene rings is 2. The molecular formula is C16H14Br2O2. The van der Waals surface area contributed by atoms with Gasteiger partial charge < -0.3 is 4.74 Å². The highest BCUT2D eigenvalue weighted by atomic mass is 79.9. The second-order valence-electron chi connectivity index (χ2n) is 4.59. The smallest absolute Gasteiger partial charge is 0.200 e. The van der Waals surface area contributed by atoms with Gasteiger partial charge in [0.1, 0.15) is 5.75 Å². The van der Waals surface area contributed by atoms with Crippen LogP contribution >= 0.6 is 31.9 Å². The molecule has 0 unspecified atom stereocenters. The Morgan fingerprint density at radius 1 is 1.10 bits per heavy atom. The van der Waals surface area contributed by atoms with E-state index in [1.54, 1.807) is 12.1 Å². The molecule has 0 saturated heterocycles. The third-order valence-corrected chi connectivity index (χ3v) is 4.67. The van der Waals surface area contributed by atoms with Crippen LogP contribution in [0.25, 0.3) is 0 Å². The second-order valence-corrected chi connectivity index (χ2v) is 6.30. The summed E-state index contributed by atoms with van der Waals surface area (Å²) in [6.07, 6.45) is 0. The predicted octanol–water partition coefficient (Wildman–Crippen LogP) is 5.09. The van der Waals surface area contributed by atoms with Gasteiger partial charge in [-0.25, -0.2) is 0 Å². The zero-order valence-electron chi connectivity index (χ0n) is 11.2. The summed E-state index contributed by atoms with van der Waals surface area (Å²) in [6, 6.07) is 11.2. The van der Waals surface area contributed by atoms with E-state index in [9.17, 15) is 4.79 Å². The van der Waals surface area contributed by atoms with Crippen molar-refractivity contribution in [2.24, 2.45) is 0 Å². The van der Waals surface area contributed by atoms with E-state index in [1.807, 2.05) is 38.1 Å². The Balaban J connectivity index is 2.07. The summed E-state index contributed by atoms with van der Waals surface area (Å²) < 4.78 is 7.55. The van der Waals surface area contributed by atoms with Crippen molar-refractivity contribution >= 4 is 37.6 Å². The van der Waals surface area contributed by atoms with E-state index in [0.29, 0.717) is 11.3 Å². The largest absolute Gasteiger partial charge is 0.485 e. The van der Waals surface area contributed by atoms with Crippen molar-refractivity contribution in [2.45, 2.75) is 13.8 Å². The molecular weight excluding hydrogens is 384 g/mol. The molecule has 2 aromatic carbocycles. The summed E-state index contributed by atoms with van der Waals surface area (Å²) in [5.41, 5.74) is 2.83. The topological polar surface area (TPSA) is 26.3 Å². The summed E-state index contributed by atoms with van der Waals surface area (Å²) in [4.78, 5) is 12.1. The number of ketones is 1. The molecule has 0 fully saturated rings. The summed E-state index contributed by atoms with van der Waals surface area (Å²) in [5, 5.41) is 0. The van der Waals surface area contributed by atoms with Gasteiger partial charge in [-0.3, -0.25) is 4.79 Å². The molecule has 20 heavy (non-hydrogen) atoms. The van der Waals surface area contributed by atoms with Crippen molar-refractivity contribution in [1.29, 1.82) is 0 Å². The maximum Gasteiger partial charge on any atom is 0.200 e. The highest BCUT2D eigenvalue weighted by molar-refractivity contribution is 9.10. The molecule has 0 bridgehead atoms. The maximum absolute atomic E-state index is 12.1. The van der Waals surface area contributed by atoms with E-state index in [0.717, 1.165) is 20.1 Å². The van der Waals surface area contributed by atoms with Gasteiger partial charge in [0.05, 0.1) is 0 Å². The fraction of sp³-hybridized carbons (Fsp3) is 0.188. The van der Waals surface area contributed by atoms with Crippen LogP contribution in [0.2, 0.25) is 0 Å². The molecule has 0 radical (unpaired) electrons. The Hall–Kier alpha value is -1.13. The van der Waals surface area contributed by atoms with Crippen LogP contribution in [0.5, 0.6) is 5.75 Å². The molecule has 2 aromatic rings. The lowest BCUT2D eigenvalue weighted by molar-refractivity contribution is 0.0921. The number of halogens is 2. The first-order valence-electron chi connectivity index (χ1n) is 6.15. The first kappa shape index (κ1) is 15.3. The van der Waals surface area contributed by atoms with Crippen LogP contribution in [0.15, 0.2) is 45.3 Å². The third-order valence-electron chi connectivity index (χ3n) is 2.93. The first-order valence-corrected chi connectivity index (χ1v) is 7.74. The number of carbonyl (C=O) groups is 1. The second kappa shape index (κ2) is 6.55. The van der Waals surface area contributed by atoms with Crippen LogP contribution in [0.4, 0.5) is 0 Å². The van der Waals surface area contributed by atoms with Crippen molar-refractivity contribution in [2.75, 3.05) is 6.61 Å². The average Bonchev–Trinajstić information content (AvgIpc) is 2.42. The molecule has 4 heteroatoms. The molecule has 2 rings (SSSR count). The van der Waals surface area contributed by atoms with Gasteiger partial charge in [0, 0.05) is 14.5 Å². The average molecular weight is 398 g/mol. The summed E-state index contributed by atoms with van der Waals surface area (Å²) in [7, 11) is 0. The van der Waals surface area contributed by atoms with Gasteiger partial charge in [0.2, 0.25) is 0 Å². The van der Waals surface area contributed by atoms with Gasteiger partial charge in [0.25, 0.3) is 0 Å². The minimum absolute atomic E-state index is 0.0375. The zero-order valence-corrected chi connectivity index (χ0v) is 14.4. The van der Waals surface area contributed by atoms with Crippen LogP contribution in [-0.4, -0.2) is 12.4 Å². The molecule has 0 spiro atoms.